The average Bonchev–Trinajstić information content (AvgIpc) is 2.67. The first-order chi connectivity index (χ1) is 13.0. The maximum Gasteiger partial charge on any atom is 0.271 e. The predicted octanol–water partition coefficient (Wildman–Crippen LogP) is 2.11. The Morgan fingerprint density at radius 1 is 1.15 bits per heavy atom. The first-order valence-electron chi connectivity index (χ1n) is 8.20. The van der Waals surface area contributed by atoms with Gasteiger partial charge in [-0.15, -0.1) is 0 Å². The van der Waals surface area contributed by atoms with Crippen molar-refractivity contribution in [3.05, 3.63) is 59.4 Å². The molecule has 0 spiro atoms. The molecule has 142 valence electrons. The van der Waals surface area contributed by atoms with Crippen molar-refractivity contribution in [1.29, 1.82) is 0 Å². The minimum absolute atomic E-state index is 0.120. The second-order valence-corrected chi connectivity index (χ2v) is 5.36. The number of ether oxygens (including phenoxy) is 2. The Morgan fingerprint density at radius 2 is 1.89 bits per heavy atom. The van der Waals surface area contributed by atoms with Gasteiger partial charge in [-0.1, -0.05) is 0 Å². The predicted molar refractivity (Wildman–Crippen MR) is 98.6 cm³/mol. The minimum Gasteiger partial charge on any atom is -0.493 e. The van der Waals surface area contributed by atoms with Crippen LogP contribution in [-0.2, 0) is 4.79 Å². The number of rotatable bonds is 8. The van der Waals surface area contributed by atoms with Gasteiger partial charge in [0, 0.05) is 12.1 Å². The molecule has 0 aromatic heterocycles. The normalized spacial score (nSPS) is 10.5. The molecule has 0 radical (unpaired) electrons. The molecule has 2 rings (SSSR count). The highest BCUT2D eigenvalue weighted by molar-refractivity contribution is 5.94. The monoisotopic (exact) mass is 373 g/mol. The van der Waals surface area contributed by atoms with Crippen LogP contribution in [0.4, 0.5) is 4.39 Å². The van der Waals surface area contributed by atoms with Crippen LogP contribution < -0.4 is 20.2 Å². The third-order valence-electron chi connectivity index (χ3n) is 3.41. The molecule has 0 fully saturated rings. The Morgan fingerprint density at radius 3 is 2.56 bits per heavy atom. The number of nitrogens with zero attached hydrogens (tertiary/aromatic N) is 1. The van der Waals surface area contributed by atoms with E-state index in [4.69, 9.17) is 9.47 Å². The first kappa shape index (κ1) is 19.9. The highest BCUT2D eigenvalue weighted by Gasteiger charge is 2.08. The van der Waals surface area contributed by atoms with Crippen LogP contribution in [0.1, 0.15) is 22.8 Å². The molecule has 7 nitrogen and oxygen atoms in total. The molecule has 0 atom stereocenters. The molecule has 2 aromatic carbocycles. The summed E-state index contributed by atoms with van der Waals surface area (Å²) < 4.78 is 23.5. The van der Waals surface area contributed by atoms with E-state index in [0.29, 0.717) is 29.2 Å². The molecule has 0 saturated heterocycles. The summed E-state index contributed by atoms with van der Waals surface area (Å²) in [6.45, 7) is 2.23. The van der Waals surface area contributed by atoms with Gasteiger partial charge in [-0.05, 0) is 55.0 Å². The van der Waals surface area contributed by atoms with Crippen LogP contribution in [0.2, 0.25) is 0 Å². The number of hydrogen-bond acceptors (Lipinski definition) is 5. The Kier molecular flexibility index (Phi) is 7.30. The molecule has 8 heteroatoms. The third kappa shape index (κ3) is 6.10. The molecule has 0 saturated carbocycles. The second kappa shape index (κ2) is 9.91. The highest BCUT2D eigenvalue weighted by Crippen LogP contribution is 2.27. The summed E-state index contributed by atoms with van der Waals surface area (Å²) in [5.74, 6) is -0.269. The Hall–Kier alpha value is -3.42. The minimum atomic E-state index is -0.458. The number of hydrogen-bond donors (Lipinski definition) is 2. The topological polar surface area (TPSA) is 89.0 Å². The number of nitrogens with one attached hydrogen (secondary N) is 2. The van der Waals surface area contributed by atoms with Crippen molar-refractivity contribution in [3.63, 3.8) is 0 Å². The molecule has 0 unspecified atom stereocenters. The van der Waals surface area contributed by atoms with Gasteiger partial charge >= 0.3 is 0 Å². The van der Waals surface area contributed by atoms with Crippen LogP contribution in [0.25, 0.3) is 0 Å². The van der Waals surface area contributed by atoms with E-state index in [1.54, 1.807) is 18.2 Å². The molecule has 0 heterocycles. The van der Waals surface area contributed by atoms with Crippen molar-refractivity contribution in [3.8, 4) is 11.5 Å². The van der Waals surface area contributed by atoms with Crippen molar-refractivity contribution in [1.82, 2.24) is 10.7 Å². The number of benzene rings is 2. The molecular formula is C19H20FN3O4. The number of halogens is 1. The van der Waals surface area contributed by atoms with Crippen molar-refractivity contribution < 1.29 is 23.5 Å². The van der Waals surface area contributed by atoms with Crippen LogP contribution in [-0.4, -0.2) is 38.3 Å². The largest absolute Gasteiger partial charge is 0.493 e. The van der Waals surface area contributed by atoms with Crippen LogP contribution in [0.3, 0.4) is 0 Å². The van der Waals surface area contributed by atoms with Gasteiger partial charge in [0.05, 0.1) is 13.3 Å². The van der Waals surface area contributed by atoms with E-state index in [9.17, 15) is 14.0 Å². The van der Waals surface area contributed by atoms with Gasteiger partial charge in [-0.3, -0.25) is 9.59 Å². The zero-order valence-electron chi connectivity index (χ0n) is 15.0. The summed E-state index contributed by atoms with van der Waals surface area (Å²) in [5.41, 5.74) is 3.30. The summed E-state index contributed by atoms with van der Waals surface area (Å²) in [5, 5.41) is 6.50. The fraction of sp³-hybridized carbons (Fsp3) is 0.211. The van der Waals surface area contributed by atoms with Gasteiger partial charge in [-0.2, -0.15) is 5.10 Å². The van der Waals surface area contributed by atoms with Gasteiger partial charge in [0.2, 0.25) is 0 Å². The Bertz CT molecular complexity index is 822. The van der Waals surface area contributed by atoms with E-state index in [0.717, 1.165) is 0 Å². The van der Waals surface area contributed by atoms with E-state index < -0.39 is 11.7 Å². The van der Waals surface area contributed by atoms with Gasteiger partial charge in [0.1, 0.15) is 5.82 Å². The quantitative estimate of drug-likeness (QED) is 0.548. The Labute approximate surface area is 156 Å². The molecule has 2 amide bonds. The zero-order chi connectivity index (χ0) is 19.6. The first-order valence-corrected chi connectivity index (χ1v) is 8.20. The van der Waals surface area contributed by atoms with Crippen LogP contribution in [0, 0.1) is 5.82 Å². The average molecular weight is 373 g/mol. The molecule has 2 N–H and O–H groups in total. The molecule has 0 aliphatic rings. The number of carbonyl (C=O) groups is 2. The van der Waals surface area contributed by atoms with Gasteiger partial charge in [-0.25, -0.2) is 9.82 Å². The molecule has 0 aliphatic carbocycles. The number of likely N-dealkylation sites (N-methyl/N-ethyl adjacent to an activating group) is 1. The lowest BCUT2D eigenvalue weighted by atomic mass is 10.2. The molecule has 2 aromatic rings. The Balaban J connectivity index is 1.97. The van der Waals surface area contributed by atoms with E-state index >= 15 is 0 Å². The van der Waals surface area contributed by atoms with Gasteiger partial charge < -0.3 is 14.8 Å². The lowest BCUT2D eigenvalue weighted by molar-refractivity contribution is -0.123. The smallest absolute Gasteiger partial charge is 0.271 e. The van der Waals surface area contributed by atoms with Gasteiger partial charge in [0.15, 0.2) is 18.1 Å². The second-order valence-electron chi connectivity index (χ2n) is 5.36. The lowest BCUT2D eigenvalue weighted by Gasteiger charge is -2.11. The lowest BCUT2D eigenvalue weighted by Crippen LogP contribution is -2.28. The third-order valence-corrected chi connectivity index (χ3v) is 3.41. The van der Waals surface area contributed by atoms with Crippen molar-refractivity contribution in [2.24, 2.45) is 5.10 Å². The summed E-state index contributed by atoms with van der Waals surface area (Å²) >= 11 is 0. The number of hydrazone groups is 1. The highest BCUT2D eigenvalue weighted by atomic mass is 19.1. The number of carbonyl (C=O) groups excluding carboxylic acids is 2. The summed E-state index contributed by atoms with van der Waals surface area (Å²) in [4.78, 5) is 23.4. The SMILES string of the molecule is CCNC(=O)COc1ccc(/C=N\NC(=O)c2ccc(F)cc2)cc1OC. The van der Waals surface area contributed by atoms with E-state index in [2.05, 4.69) is 15.8 Å². The van der Waals surface area contributed by atoms with Crippen LogP contribution >= 0.6 is 0 Å². The van der Waals surface area contributed by atoms with Crippen LogP contribution in [0.15, 0.2) is 47.6 Å². The van der Waals surface area contributed by atoms with E-state index in [1.807, 2.05) is 6.92 Å². The fourth-order valence-corrected chi connectivity index (χ4v) is 2.11. The molecular weight excluding hydrogens is 353 g/mol. The van der Waals surface area contributed by atoms with E-state index in [1.165, 1.54) is 37.6 Å². The van der Waals surface area contributed by atoms with Crippen molar-refractivity contribution >= 4 is 18.0 Å². The summed E-state index contributed by atoms with van der Waals surface area (Å²) in [6, 6.07) is 10.1. The van der Waals surface area contributed by atoms with Gasteiger partial charge in [0.25, 0.3) is 11.8 Å². The summed E-state index contributed by atoms with van der Waals surface area (Å²) in [7, 11) is 1.48. The zero-order valence-corrected chi connectivity index (χ0v) is 15.0. The molecule has 0 bridgehead atoms. The fourth-order valence-electron chi connectivity index (χ4n) is 2.11. The standard InChI is InChI=1S/C19H20FN3O4/c1-3-21-18(24)12-27-16-9-4-13(10-17(16)26-2)11-22-23-19(25)14-5-7-15(20)8-6-14/h4-11H,3,12H2,1-2H3,(H,21,24)(H,23,25)/b22-11-. The maximum absolute atomic E-state index is 12.9. The number of methoxy groups -OCH3 is 1. The number of amides is 2. The van der Waals surface area contributed by atoms with Crippen molar-refractivity contribution in [2.75, 3.05) is 20.3 Å². The van der Waals surface area contributed by atoms with Crippen molar-refractivity contribution in [2.45, 2.75) is 6.92 Å². The molecule has 0 aliphatic heterocycles. The van der Waals surface area contributed by atoms with Crippen LogP contribution in [0.5, 0.6) is 11.5 Å². The summed E-state index contributed by atoms with van der Waals surface area (Å²) in [6.07, 6.45) is 1.43. The maximum atomic E-state index is 12.9. The molecule has 27 heavy (non-hydrogen) atoms. The van der Waals surface area contributed by atoms with E-state index in [-0.39, 0.29) is 12.5 Å².